The third kappa shape index (κ3) is 3.26. The first-order valence-corrected chi connectivity index (χ1v) is 9.30. The number of benzene rings is 1. The van der Waals surface area contributed by atoms with Gasteiger partial charge in [-0.3, -0.25) is 0 Å². The topological polar surface area (TPSA) is 57.4 Å². The average Bonchev–Trinajstić information content (AvgIpc) is 3.03. The van der Waals surface area contributed by atoms with Crippen molar-refractivity contribution in [2.75, 3.05) is 7.11 Å². The molecule has 2 aromatic heterocycles. The number of methoxy groups -OCH3 is 1. The fraction of sp³-hybridized carbons (Fsp3) is 0.368. The largest absolute Gasteiger partial charge is 0.493 e. The van der Waals surface area contributed by atoms with E-state index in [9.17, 15) is 0 Å². The molecule has 130 valence electrons. The maximum absolute atomic E-state index is 5.93. The summed E-state index contributed by atoms with van der Waals surface area (Å²) in [7, 11) is 1.63. The molecule has 25 heavy (non-hydrogen) atoms. The molecule has 1 aliphatic rings. The molecule has 0 unspecified atom stereocenters. The molecule has 0 saturated heterocycles. The molecule has 0 spiro atoms. The summed E-state index contributed by atoms with van der Waals surface area (Å²) in [6.07, 6.45) is 1.15. The zero-order chi connectivity index (χ0) is 17.4. The zero-order valence-electron chi connectivity index (χ0n) is 14.4. The highest BCUT2D eigenvalue weighted by molar-refractivity contribution is 7.08. The lowest BCUT2D eigenvalue weighted by atomic mass is 10.2. The third-order valence-electron chi connectivity index (χ3n) is 4.29. The van der Waals surface area contributed by atoms with Crippen LogP contribution in [0.5, 0.6) is 11.5 Å². The number of hydrogen-bond donors (Lipinski definition) is 0. The van der Waals surface area contributed by atoms with E-state index >= 15 is 0 Å². The van der Waals surface area contributed by atoms with Crippen molar-refractivity contribution in [3.63, 3.8) is 0 Å². The van der Waals surface area contributed by atoms with Crippen molar-refractivity contribution in [2.45, 2.75) is 38.2 Å². The summed E-state index contributed by atoms with van der Waals surface area (Å²) in [5, 5.41) is 12.8. The van der Waals surface area contributed by atoms with Crippen LogP contribution in [0, 0.1) is 0 Å². The molecular formula is C19H20N2O3S. The maximum atomic E-state index is 5.93. The van der Waals surface area contributed by atoms with Crippen LogP contribution in [-0.4, -0.2) is 23.4 Å². The number of ether oxygens (including phenoxy) is 2. The summed E-state index contributed by atoms with van der Waals surface area (Å²) in [5.41, 5.74) is 2.20. The summed E-state index contributed by atoms with van der Waals surface area (Å²) in [6, 6.07) is 7.84. The van der Waals surface area contributed by atoms with E-state index in [2.05, 4.69) is 27.0 Å². The van der Waals surface area contributed by atoms with Crippen LogP contribution in [0.25, 0.3) is 11.5 Å². The summed E-state index contributed by atoms with van der Waals surface area (Å²) in [6.45, 7) is 3.97. The van der Waals surface area contributed by atoms with Crippen LogP contribution in [0.15, 0.2) is 39.4 Å². The lowest BCUT2D eigenvalue weighted by Crippen LogP contribution is -2.06. The van der Waals surface area contributed by atoms with Gasteiger partial charge in [0.1, 0.15) is 0 Å². The van der Waals surface area contributed by atoms with Gasteiger partial charge in [0, 0.05) is 11.5 Å². The summed E-state index contributed by atoms with van der Waals surface area (Å²) in [5.74, 6) is 3.44. The molecule has 0 radical (unpaired) electrons. The Kier molecular flexibility index (Phi) is 4.21. The standard InChI is InChI=1S/C19H20N2O3S/c1-11(2)23-16-5-4-12(8-17(16)22-3)18-20-21-19(24-18)15-9-14(15)13-6-7-25-10-13/h4-8,10-11,14-15H,9H2,1-3H3/t14-,15+/m0/s1. The molecule has 5 nitrogen and oxygen atoms in total. The van der Waals surface area contributed by atoms with Crippen LogP contribution in [0.2, 0.25) is 0 Å². The van der Waals surface area contributed by atoms with Gasteiger partial charge in [-0.2, -0.15) is 11.3 Å². The number of aromatic nitrogens is 2. The second-order valence-corrected chi connectivity index (χ2v) is 7.26. The predicted octanol–water partition coefficient (Wildman–Crippen LogP) is 4.87. The van der Waals surface area contributed by atoms with Crippen LogP contribution in [0.4, 0.5) is 0 Å². The number of hydrogen-bond acceptors (Lipinski definition) is 6. The second-order valence-electron chi connectivity index (χ2n) is 6.48. The molecule has 0 amide bonds. The maximum Gasteiger partial charge on any atom is 0.247 e. The Bertz CT molecular complexity index is 857. The molecule has 1 saturated carbocycles. The quantitative estimate of drug-likeness (QED) is 0.631. The van der Waals surface area contributed by atoms with Crippen molar-refractivity contribution < 1.29 is 13.9 Å². The molecule has 2 atom stereocenters. The Balaban J connectivity index is 1.54. The van der Waals surface area contributed by atoms with Gasteiger partial charge in [-0.05, 0) is 66.8 Å². The van der Waals surface area contributed by atoms with Crippen LogP contribution in [-0.2, 0) is 0 Å². The minimum Gasteiger partial charge on any atom is -0.493 e. The van der Waals surface area contributed by atoms with E-state index < -0.39 is 0 Å². The number of rotatable bonds is 6. The summed E-state index contributed by atoms with van der Waals surface area (Å²) < 4.78 is 17.1. The van der Waals surface area contributed by atoms with Gasteiger partial charge >= 0.3 is 0 Å². The zero-order valence-corrected chi connectivity index (χ0v) is 15.2. The van der Waals surface area contributed by atoms with E-state index in [0.29, 0.717) is 35.1 Å². The molecule has 4 rings (SSSR count). The minimum absolute atomic E-state index is 0.0821. The predicted molar refractivity (Wildman–Crippen MR) is 96.5 cm³/mol. The van der Waals surface area contributed by atoms with E-state index in [4.69, 9.17) is 13.9 Å². The number of thiophene rings is 1. The Hall–Kier alpha value is -2.34. The van der Waals surface area contributed by atoms with E-state index in [1.54, 1.807) is 18.4 Å². The Morgan fingerprint density at radius 1 is 1.16 bits per heavy atom. The number of nitrogens with zero attached hydrogens (tertiary/aromatic N) is 2. The molecule has 1 aromatic carbocycles. The van der Waals surface area contributed by atoms with Gasteiger partial charge in [0.05, 0.1) is 13.2 Å². The van der Waals surface area contributed by atoms with Crippen LogP contribution in [0.3, 0.4) is 0 Å². The van der Waals surface area contributed by atoms with Crippen molar-refractivity contribution in [2.24, 2.45) is 0 Å². The summed E-state index contributed by atoms with van der Waals surface area (Å²) in [4.78, 5) is 0. The normalized spacial score (nSPS) is 19.2. The van der Waals surface area contributed by atoms with Gasteiger partial charge in [-0.15, -0.1) is 10.2 Å². The SMILES string of the molecule is COc1cc(-c2nnc([C@@H]3C[C@H]3c3ccsc3)o2)ccc1OC(C)C. The van der Waals surface area contributed by atoms with Gasteiger partial charge in [0.25, 0.3) is 0 Å². The molecular weight excluding hydrogens is 336 g/mol. The summed E-state index contributed by atoms with van der Waals surface area (Å²) >= 11 is 1.72. The average molecular weight is 356 g/mol. The first-order valence-electron chi connectivity index (χ1n) is 8.36. The highest BCUT2D eigenvalue weighted by atomic mass is 32.1. The van der Waals surface area contributed by atoms with Gasteiger partial charge in [-0.25, -0.2) is 0 Å². The van der Waals surface area contributed by atoms with E-state index in [-0.39, 0.29) is 6.10 Å². The van der Waals surface area contributed by atoms with Crippen LogP contribution >= 0.6 is 11.3 Å². The Morgan fingerprint density at radius 2 is 2.04 bits per heavy atom. The first kappa shape index (κ1) is 16.1. The molecule has 0 bridgehead atoms. The molecule has 0 aliphatic heterocycles. The Morgan fingerprint density at radius 3 is 2.76 bits per heavy atom. The van der Waals surface area contributed by atoms with Crippen molar-refractivity contribution >= 4 is 11.3 Å². The molecule has 2 heterocycles. The van der Waals surface area contributed by atoms with Gasteiger partial charge in [-0.1, -0.05) is 0 Å². The highest BCUT2D eigenvalue weighted by Gasteiger charge is 2.43. The highest BCUT2D eigenvalue weighted by Crippen LogP contribution is 2.54. The second kappa shape index (κ2) is 6.52. The molecule has 3 aromatic rings. The Labute approximate surface area is 150 Å². The fourth-order valence-electron chi connectivity index (χ4n) is 2.98. The van der Waals surface area contributed by atoms with Gasteiger partial charge in [0.15, 0.2) is 11.5 Å². The van der Waals surface area contributed by atoms with E-state index in [0.717, 1.165) is 12.0 Å². The van der Waals surface area contributed by atoms with Crippen molar-refractivity contribution in [3.05, 3.63) is 46.5 Å². The molecule has 1 aliphatic carbocycles. The smallest absolute Gasteiger partial charge is 0.247 e. The van der Waals surface area contributed by atoms with Crippen LogP contribution in [0.1, 0.15) is 43.6 Å². The van der Waals surface area contributed by atoms with E-state index in [1.165, 1.54) is 5.56 Å². The lowest BCUT2D eigenvalue weighted by molar-refractivity contribution is 0.230. The minimum atomic E-state index is 0.0821. The fourth-order valence-corrected chi connectivity index (χ4v) is 3.70. The molecule has 6 heteroatoms. The van der Waals surface area contributed by atoms with Crippen molar-refractivity contribution in [1.29, 1.82) is 0 Å². The molecule has 1 fully saturated rings. The van der Waals surface area contributed by atoms with E-state index in [1.807, 2.05) is 32.0 Å². The van der Waals surface area contributed by atoms with Crippen LogP contribution < -0.4 is 9.47 Å². The monoisotopic (exact) mass is 356 g/mol. The first-order chi connectivity index (χ1) is 12.2. The molecule has 0 N–H and O–H groups in total. The van der Waals surface area contributed by atoms with Crippen molar-refractivity contribution in [3.8, 4) is 23.0 Å². The van der Waals surface area contributed by atoms with Gasteiger partial charge < -0.3 is 13.9 Å². The third-order valence-corrected chi connectivity index (χ3v) is 4.99. The lowest BCUT2D eigenvalue weighted by Gasteiger charge is -2.13. The van der Waals surface area contributed by atoms with Crippen molar-refractivity contribution in [1.82, 2.24) is 10.2 Å². The van der Waals surface area contributed by atoms with Gasteiger partial charge in [0.2, 0.25) is 11.8 Å².